The van der Waals surface area contributed by atoms with Gasteiger partial charge in [-0.3, -0.25) is 45.3 Å². The van der Waals surface area contributed by atoms with E-state index in [1.807, 2.05) is 0 Å². The molecule has 31 heavy (non-hydrogen) atoms. The van der Waals surface area contributed by atoms with Gasteiger partial charge in [-0.2, -0.15) is 0 Å². The van der Waals surface area contributed by atoms with Crippen molar-refractivity contribution in [3.05, 3.63) is 71.8 Å². The number of esters is 1. The van der Waals surface area contributed by atoms with Gasteiger partial charge < -0.3 is 4.74 Å². The van der Waals surface area contributed by atoms with Crippen molar-refractivity contribution in [2.45, 2.75) is 6.42 Å². The van der Waals surface area contributed by atoms with Crippen LogP contribution in [0.5, 0.6) is 0 Å². The highest BCUT2D eigenvalue weighted by atomic mass is 16.5. The van der Waals surface area contributed by atoms with Crippen LogP contribution in [0.25, 0.3) is 0 Å². The number of nitrogens with zero attached hydrogens (tertiary/aromatic N) is 1. The van der Waals surface area contributed by atoms with E-state index in [9.17, 15) is 24.0 Å². The maximum absolute atomic E-state index is 12.2. The van der Waals surface area contributed by atoms with E-state index < -0.39 is 42.1 Å². The number of benzene rings is 2. The molecule has 0 radical (unpaired) electrons. The number of nitrogens with one attached hydrogen (secondary N) is 3. The number of ether oxygens (including phenoxy) is 1. The maximum Gasteiger partial charge on any atom is 0.311 e. The lowest BCUT2D eigenvalue weighted by molar-refractivity contribution is -0.152. The van der Waals surface area contributed by atoms with Gasteiger partial charge in [0.2, 0.25) is 5.91 Å². The van der Waals surface area contributed by atoms with Gasteiger partial charge in [-0.05, 0) is 24.3 Å². The number of hydrazine groups is 2. The maximum atomic E-state index is 12.2. The summed E-state index contributed by atoms with van der Waals surface area (Å²) in [5, 5.41) is 1.06. The monoisotopic (exact) mass is 424 g/mol. The number of amides is 4. The summed E-state index contributed by atoms with van der Waals surface area (Å²) in [5.41, 5.74) is 7.52. The third kappa shape index (κ3) is 5.89. The second-order valence-corrected chi connectivity index (χ2v) is 6.69. The van der Waals surface area contributed by atoms with Gasteiger partial charge in [0.1, 0.15) is 0 Å². The van der Waals surface area contributed by atoms with Gasteiger partial charge >= 0.3 is 5.97 Å². The fourth-order valence-corrected chi connectivity index (χ4v) is 2.83. The Morgan fingerprint density at radius 1 is 0.871 bits per heavy atom. The zero-order chi connectivity index (χ0) is 22.2. The highest BCUT2D eigenvalue weighted by Gasteiger charge is 2.36. The van der Waals surface area contributed by atoms with Crippen LogP contribution in [0.2, 0.25) is 0 Å². The topological polar surface area (TPSA) is 134 Å². The summed E-state index contributed by atoms with van der Waals surface area (Å²) in [7, 11) is 0. The van der Waals surface area contributed by atoms with Crippen LogP contribution in [0.15, 0.2) is 60.7 Å². The van der Waals surface area contributed by atoms with Crippen molar-refractivity contribution in [1.29, 1.82) is 0 Å². The molecule has 0 bridgehead atoms. The second kappa shape index (κ2) is 10.0. The van der Waals surface area contributed by atoms with E-state index in [4.69, 9.17) is 4.74 Å². The smallest absolute Gasteiger partial charge is 0.311 e. The molecule has 3 rings (SSSR count). The normalized spacial score (nSPS) is 15.2. The molecule has 2 aromatic carbocycles. The van der Waals surface area contributed by atoms with Crippen molar-refractivity contribution in [2.75, 3.05) is 13.2 Å². The van der Waals surface area contributed by atoms with Gasteiger partial charge in [0.15, 0.2) is 6.61 Å². The molecule has 3 N–H and O–H groups in total. The van der Waals surface area contributed by atoms with Crippen molar-refractivity contribution < 1.29 is 28.7 Å². The largest absolute Gasteiger partial charge is 0.455 e. The average molecular weight is 424 g/mol. The van der Waals surface area contributed by atoms with Crippen LogP contribution in [0, 0.1) is 5.92 Å². The predicted molar refractivity (Wildman–Crippen MR) is 107 cm³/mol. The summed E-state index contributed by atoms with van der Waals surface area (Å²) < 4.78 is 4.92. The molecule has 2 aromatic rings. The lowest BCUT2D eigenvalue weighted by Crippen LogP contribution is -2.44. The summed E-state index contributed by atoms with van der Waals surface area (Å²) in [6.07, 6.45) is -0.153. The highest BCUT2D eigenvalue weighted by molar-refractivity contribution is 5.97. The van der Waals surface area contributed by atoms with Crippen LogP contribution in [0.4, 0.5) is 0 Å². The van der Waals surface area contributed by atoms with Gasteiger partial charge in [-0.15, -0.1) is 0 Å². The molecule has 0 spiro atoms. The van der Waals surface area contributed by atoms with E-state index in [1.54, 1.807) is 60.7 Å². The minimum atomic E-state index is -0.824. The Hall–Kier alpha value is -4.21. The number of carbonyl (C=O) groups excluding carboxylic acids is 5. The van der Waals surface area contributed by atoms with Crippen molar-refractivity contribution in [1.82, 2.24) is 21.3 Å². The van der Waals surface area contributed by atoms with Gasteiger partial charge in [0.25, 0.3) is 17.7 Å². The molecule has 0 aliphatic carbocycles. The Bertz CT molecular complexity index is 980. The van der Waals surface area contributed by atoms with Crippen LogP contribution in [0.1, 0.15) is 27.1 Å². The molecule has 1 atom stereocenters. The van der Waals surface area contributed by atoms with Crippen LogP contribution in [-0.4, -0.2) is 47.8 Å². The van der Waals surface area contributed by atoms with Gasteiger partial charge in [-0.25, -0.2) is 0 Å². The second-order valence-electron chi connectivity index (χ2n) is 6.69. The zero-order valence-corrected chi connectivity index (χ0v) is 16.4. The highest BCUT2D eigenvalue weighted by Crippen LogP contribution is 2.17. The molecular formula is C21H20N4O6. The quantitative estimate of drug-likeness (QED) is 0.448. The van der Waals surface area contributed by atoms with Gasteiger partial charge in [0.05, 0.1) is 12.5 Å². The molecule has 1 fully saturated rings. The molecule has 10 nitrogen and oxygen atoms in total. The molecule has 4 amide bonds. The van der Waals surface area contributed by atoms with E-state index in [-0.39, 0.29) is 13.0 Å². The summed E-state index contributed by atoms with van der Waals surface area (Å²) >= 11 is 0. The van der Waals surface area contributed by atoms with E-state index in [2.05, 4.69) is 16.3 Å². The van der Waals surface area contributed by atoms with Gasteiger partial charge in [-0.1, -0.05) is 36.4 Å². The summed E-state index contributed by atoms with van der Waals surface area (Å²) in [5.74, 6) is -3.76. The molecule has 160 valence electrons. The van der Waals surface area contributed by atoms with E-state index >= 15 is 0 Å². The summed E-state index contributed by atoms with van der Waals surface area (Å²) in [6, 6.07) is 16.6. The Balaban J connectivity index is 1.41. The van der Waals surface area contributed by atoms with Crippen LogP contribution in [-0.2, 0) is 19.1 Å². The summed E-state index contributed by atoms with van der Waals surface area (Å²) in [4.78, 5) is 60.1. The first-order valence-electron chi connectivity index (χ1n) is 9.41. The molecule has 0 aromatic heterocycles. The van der Waals surface area contributed by atoms with Crippen LogP contribution in [0.3, 0.4) is 0 Å². The van der Waals surface area contributed by atoms with E-state index in [1.165, 1.54) is 0 Å². The Morgan fingerprint density at radius 2 is 1.45 bits per heavy atom. The van der Waals surface area contributed by atoms with Crippen molar-refractivity contribution >= 4 is 29.6 Å². The first-order chi connectivity index (χ1) is 14.9. The summed E-state index contributed by atoms with van der Waals surface area (Å²) in [6.45, 7) is -0.697. The molecule has 0 unspecified atom stereocenters. The molecule has 1 saturated heterocycles. The Morgan fingerprint density at radius 3 is 2.06 bits per heavy atom. The average Bonchev–Trinajstić information content (AvgIpc) is 3.17. The standard InChI is InChI=1S/C21H20N4O6/c26-17(22-23-19(28)14-7-3-1-4-8-14)13-31-21(30)16-11-18(27)25(12-16)24-20(29)15-9-5-2-6-10-15/h1-10,16H,11-13H2,(H,22,26)(H,23,28)(H,24,29)/t16-/m0/s1. The minimum absolute atomic E-state index is 0.0669. The lowest BCUT2D eigenvalue weighted by Gasteiger charge is -2.17. The predicted octanol–water partition coefficient (Wildman–Crippen LogP) is 0.184. The van der Waals surface area contributed by atoms with E-state index in [0.29, 0.717) is 11.1 Å². The molecule has 0 saturated carbocycles. The molecule has 1 heterocycles. The fourth-order valence-electron chi connectivity index (χ4n) is 2.83. The molecular weight excluding hydrogens is 404 g/mol. The molecule has 10 heteroatoms. The molecule has 1 aliphatic heterocycles. The van der Waals surface area contributed by atoms with E-state index in [0.717, 1.165) is 5.01 Å². The minimum Gasteiger partial charge on any atom is -0.455 e. The molecule has 1 aliphatic rings. The lowest BCUT2D eigenvalue weighted by atomic mass is 10.1. The third-order valence-corrected chi connectivity index (χ3v) is 4.43. The third-order valence-electron chi connectivity index (χ3n) is 4.43. The Labute approximate surface area is 177 Å². The fraction of sp³-hybridized carbons (Fsp3) is 0.190. The van der Waals surface area contributed by atoms with Crippen molar-refractivity contribution in [3.8, 4) is 0 Å². The van der Waals surface area contributed by atoms with Crippen LogP contribution >= 0.6 is 0 Å². The zero-order valence-electron chi connectivity index (χ0n) is 16.4. The van der Waals surface area contributed by atoms with Crippen LogP contribution < -0.4 is 16.3 Å². The number of hydrogen-bond donors (Lipinski definition) is 3. The first-order valence-corrected chi connectivity index (χ1v) is 9.41. The first kappa shape index (κ1) is 21.5. The van der Waals surface area contributed by atoms with Crippen molar-refractivity contribution in [3.63, 3.8) is 0 Å². The number of carbonyl (C=O) groups is 5. The van der Waals surface area contributed by atoms with Crippen molar-refractivity contribution in [2.24, 2.45) is 5.92 Å². The van der Waals surface area contributed by atoms with Gasteiger partial charge in [0, 0.05) is 17.5 Å². The Kier molecular flexibility index (Phi) is 6.94. The SMILES string of the molecule is O=C(COC(=O)[C@H]1CC(=O)N(NC(=O)c2ccccc2)C1)NNC(=O)c1ccccc1. The number of hydrogen-bond acceptors (Lipinski definition) is 6. The number of rotatable bonds is 6.